The Hall–Kier alpha value is -1.84. The van der Waals surface area contributed by atoms with Crippen molar-refractivity contribution in [1.29, 1.82) is 0 Å². The highest BCUT2D eigenvalue weighted by molar-refractivity contribution is 5.79. The fourth-order valence-corrected chi connectivity index (χ4v) is 2.74. The predicted molar refractivity (Wildman–Crippen MR) is 102 cm³/mol. The molecule has 158 valence electrons. The lowest BCUT2D eigenvalue weighted by Gasteiger charge is -2.30. The first-order chi connectivity index (χ1) is 13.4. The van der Waals surface area contributed by atoms with E-state index in [1.165, 1.54) is 0 Å². The van der Waals surface area contributed by atoms with Gasteiger partial charge >= 0.3 is 6.18 Å². The van der Waals surface area contributed by atoms with Crippen molar-refractivity contribution in [3.05, 3.63) is 35.4 Å². The van der Waals surface area contributed by atoms with E-state index in [1.807, 2.05) is 19.1 Å². The molecule has 1 aromatic rings. The monoisotopic (exact) mass is 402 g/mol. The van der Waals surface area contributed by atoms with E-state index < -0.39 is 12.8 Å². The number of likely N-dealkylation sites (N-methyl/N-ethyl adjacent to an activating group) is 1. The molecule has 0 bridgehead atoms. The number of morpholine rings is 1. The molecule has 2 rings (SSSR count). The van der Waals surface area contributed by atoms with Crippen molar-refractivity contribution in [3.63, 3.8) is 0 Å². The van der Waals surface area contributed by atoms with E-state index in [1.54, 1.807) is 12.1 Å². The minimum atomic E-state index is -4.30. The quantitative estimate of drug-likeness (QED) is 0.516. The molecule has 1 fully saturated rings. The number of rotatable bonds is 8. The molecule has 1 unspecified atom stereocenters. The van der Waals surface area contributed by atoms with Gasteiger partial charge in [0.2, 0.25) is 0 Å². The Morgan fingerprint density at radius 3 is 2.61 bits per heavy atom. The third kappa shape index (κ3) is 8.90. The first-order valence-corrected chi connectivity index (χ1v) is 9.40. The number of aliphatic imine (C=N–C) groups is 1. The lowest BCUT2D eigenvalue weighted by atomic mass is 10.1. The molecule has 0 aromatic heterocycles. The predicted octanol–water partition coefficient (Wildman–Crippen LogP) is 2.15. The first-order valence-electron chi connectivity index (χ1n) is 9.40. The van der Waals surface area contributed by atoms with E-state index in [9.17, 15) is 13.2 Å². The molecule has 28 heavy (non-hydrogen) atoms. The normalized spacial score (nSPS) is 18.9. The summed E-state index contributed by atoms with van der Waals surface area (Å²) in [5.74, 6) is 0.705. The smallest absolute Gasteiger partial charge is 0.374 e. The zero-order chi connectivity index (χ0) is 20.4. The Labute approximate surface area is 164 Å². The molecule has 2 N–H and O–H groups in total. The van der Waals surface area contributed by atoms with Crippen molar-refractivity contribution < 1.29 is 22.6 Å². The minimum Gasteiger partial charge on any atom is -0.374 e. The summed E-state index contributed by atoms with van der Waals surface area (Å²) in [6.45, 7) is 5.13. The third-order valence-electron chi connectivity index (χ3n) is 4.16. The maximum absolute atomic E-state index is 12.1. The summed E-state index contributed by atoms with van der Waals surface area (Å²) in [6, 6.07) is 7.21. The van der Waals surface area contributed by atoms with Crippen LogP contribution in [0.5, 0.6) is 0 Å². The molecule has 1 atom stereocenters. The second-order valence-electron chi connectivity index (χ2n) is 6.76. The van der Waals surface area contributed by atoms with Crippen LogP contribution in [-0.4, -0.2) is 69.6 Å². The standard InChI is InChI=1S/C19H29F3N4O2/c1-3-23-18(25-11-17-12-26(2)8-9-28-17)24-10-15-4-6-16(7-5-15)13-27-14-19(20,21)22/h4-7,17H,3,8-14H2,1-2H3,(H2,23,24,25). The number of halogens is 3. The summed E-state index contributed by atoms with van der Waals surface area (Å²) < 4.78 is 46.7. The zero-order valence-electron chi connectivity index (χ0n) is 16.4. The lowest BCUT2D eigenvalue weighted by Crippen LogP contribution is -2.48. The van der Waals surface area contributed by atoms with E-state index in [0.29, 0.717) is 24.6 Å². The summed E-state index contributed by atoms with van der Waals surface area (Å²) in [4.78, 5) is 6.79. The fraction of sp³-hybridized carbons (Fsp3) is 0.632. The van der Waals surface area contributed by atoms with Crippen molar-refractivity contribution in [2.75, 3.05) is 46.4 Å². The van der Waals surface area contributed by atoms with Crippen molar-refractivity contribution in [2.24, 2.45) is 4.99 Å². The lowest BCUT2D eigenvalue weighted by molar-refractivity contribution is -0.176. The van der Waals surface area contributed by atoms with Crippen LogP contribution in [0, 0.1) is 0 Å². The van der Waals surface area contributed by atoms with Gasteiger partial charge in [-0.3, -0.25) is 0 Å². The highest BCUT2D eigenvalue weighted by atomic mass is 19.4. The van der Waals surface area contributed by atoms with Gasteiger partial charge in [0.25, 0.3) is 0 Å². The molecule has 6 nitrogen and oxygen atoms in total. The van der Waals surface area contributed by atoms with Crippen LogP contribution in [0.4, 0.5) is 13.2 Å². The van der Waals surface area contributed by atoms with Gasteiger partial charge in [-0.05, 0) is 25.1 Å². The van der Waals surface area contributed by atoms with Gasteiger partial charge in [-0.25, -0.2) is 4.99 Å². The van der Waals surface area contributed by atoms with Crippen LogP contribution in [0.1, 0.15) is 18.1 Å². The maximum atomic E-state index is 12.1. The molecule has 1 saturated heterocycles. The van der Waals surface area contributed by atoms with Crippen LogP contribution < -0.4 is 10.6 Å². The van der Waals surface area contributed by atoms with Gasteiger partial charge in [-0.15, -0.1) is 0 Å². The van der Waals surface area contributed by atoms with Crippen LogP contribution in [0.15, 0.2) is 29.3 Å². The van der Waals surface area contributed by atoms with Gasteiger partial charge in [0, 0.05) is 26.2 Å². The molecule has 1 aliphatic heterocycles. The number of alkyl halides is 3. The van der Waals surface area contributed by atoms with Gasteiger partial charge < -0.3 is 25.0 Å². The van der Waals surface area contributed by atoms with Gasteiger partial charge in [0.15, 0.2) is 5.96 Å². The Kier molecular flexibility index (Phi) is 9.01. The van der Waals surface area contributed by atoms with Gasteiger partial charge in [-0.1, -0.05) is 24.3 Å². The first kappa shape index (κ1) is 22.4. The number of ether oxygens (including phenoxy) is 2. The molecule has 1 aromatic carbocycles. The van der Waals surface area contributed by atoms with E-state index in [-0.39, 0.29) is 12.7 Å². The number of nitrogens with one attached hydrogen (secondary N) is 2. The van der Waals surface area contributed by atoms with Gasteiger partial charge in [0.1, 0.15) is 6.61 Å². The molecule has 0 aliphatic carbocycles. The summed E-state index contributed by atoms with van der Waals surface area (Å²) in [5.41, 5.74) is 1.66. The van der Waals surface area contributed by atoms with Gasteiger partial charge in [-0.2, -0.15) is 13.2 Å². The van der Waals surface area contributed by atoms with E-state index in [4.69, 9.17) is 4.74 Å². The number of hydrogen-bond donors (Lipinski definition) is 2. The molecule has 9 heteroatoms. The Morgan fingerprint density at radius 2 is 1.96 bits per heavy atom. The number of hydrogen-bond acceptors (Lipinski definition) is 4. The molecule has 0 amide bonds. The molecule has 0 spiro atoms. The molecule has 0 radical (unpaired) electrons. The van der Waals surface area contributed by atoms with Crippen LogP contribution >= 0.6 is 0 Å². The average molecular weight is 402 g/mol. The Balaban J connectivity index is 1.80. The molecule has 1 aliphatic rings. The molecule has 0 saturated carbocycles. The fourth-order valence-electron chi connectivity index (χ4n) is 2.74. The van der Waals surface area contributed by atoms with E-state index in [2.05, 4.69) is 32.3 Å². The van der Waals surface area contributed by atoms with Crippen molar-refractivity contribution in [1.82, 2.24) is 15.5 Å². The largest absolute Gasteiger partial charge is 0.411 e. The van der Waals surface area contributed by atoms with Crippen molar-refractivity contribution >= 4 is 5.96 Å². The zero-order valence-corrected chi connectivity index (χ0v) is 16.4. The third-order valence-corrected chi connectivity index (χ3v) is 4.16. The number of benzene rings is 1. The Bertz CT molecular complexity index is 608. The summed E-state index contributed by atoms with van der Waals surface area (Å²) >= 11 is 0. The summed E-state index contributed by atoms with van der Waals surface area (Å²) in [5, 5.41) is 6.50. The molecular weight excluding hydrogens is 373 g/mol. The van der Waals surface area contributed by atoms with Gasteiger partial charge in [0.05, 0.1) is 25.9 Å². The van der Waals surface area contributed by atoms with Crippen LogP contribution in [0.25, 0.3) is 0 Å². The van der Waals surface area contributed by atoms with Crippen molar-refractivity contribution in [2.45, 2.75) is 32.4 Å². The second-order valence-corrected chi connectivity index (χ2v) is 6.76. The van der Waals surface area contributed by atoms with E-state index in [0.717, 1.165) is 31.8 Å². The summed E-state index contributed by atoms with van der Waals surface area (Å²) in [7, 11) is 2.08. The molecular formula is C19H29F3N4O2. The maximum Gasteiger partial charge on any atom is 0.411 e. The van der Waals surface area contributed by atoms with Crippen molar-refractivity contribution in [3.8, 4) is 0 Å². The van der Waals surface area contributed by atoms with Crippen LogP contribution in [0.2, 0.25) is 0 Å². The average Bonchev–Trinajstić information content (AvgIpc) is 2.64. The van der Waals surface area contributed by atoms with E-state index >= 15 is 0 Å². The highest BCUT2D eigenvalue weighted by Crippen LogP contribution is 2.16. The number of nitrogens with zero attached hydrogens (tertiary/aromatic N) is 2. The number of guanidine groups is 1. The second kappa shape index (κ2) is 11.2. The van der Waals surface area contributed by atoms with Crippen LogP contribution in [0.3, 0.4) is 0 Å². The topological polar surface area (TPSA) is 58.1 Å². The summed E-state index contributed by atoms with van der Waals surface area (Å²) in [6.07, 6.45) is -4.18. The van der Waals surface area contributed by atoms with Crippen LogP contribution in [-0.2, 0) is 22.6 Å². The molecule has 1 heterocycles. The SMILES string of the molecule is CCNC(=NCc1ccc(COCC(F)(F)F)cc1)NCC1CN(C)CCO1. The highest BCUT2D eigenvalue weighted by Gasteiger charge is 2.27. The minimum absolute atomic E-state index is 0.0664. The Morgan fingerprint density at radius 1 is 1.25 bits per heavy atom.